The minimum atomic E-state index is -4.62. The van der Waals surface area contributed by atoms with Gasteiger partial charge in [-0.25, -0.2) is 4.39 Å². The molecule has 1 aromatic carbocycles. The summed E-state index contributed by atoms with van der Waals surface area (Å²) in [4.78, 5) is 13.7. The Kier molecular flexibility index (Phi) is 5.18. The highest BCUT2D eigenvalue weighted by Gasteiger charge is 2.39. The second-order valence-electron chi connectivity index (χ2n) is 5.50. The number of halogens is 4. The average molecular weight is 319 g/mol. The van der Waals surface area contributed by atoms with Gasteiger partial charge in [-0.05, 0) is 50.2 Å². The number of benzene rings is 1. The summed E-state index contributed by atoms with van der Waals surface area (Å²) >= 11 is 0. The fourth-order valence-corrected chi connectivity index (χ4v) is 2.58. The summed E-state index contributed by atoms with van der Waals surface area (Å²) in [5.41, 5.74) is 0.412. The van der Waals surface area contributed by atoms with Crippen LogP contribution in [0.2, 0.25) is 0 Å². The van der Waals surface area contributed by atoms with Crippen molar-refractivity contribution in [1.82, 2.24) is 4.90 Å². The summed E-state index contributed by atoms with van der Waals surface area (Å²) in [6, 6.07) is 5.25. The van der Waals surface area contributed by atoms with Crippen LogP contribution in [-0.2, 0) is 0 Å². The number of aliphatic hydroxyl groups is 1. The number of carbonyl (C=O) groups is 1. The number of likely N-dealkylation sites (tertiary alicyclic amines) is 1. The largest absolute Gasteiger partial charge is 0.415 e. The molecule has 0 spiro atoms. The lowest BCUT2D eigenvalue weighted by Crippen LogP contribution is -2.45. The maximum atomic E-state index is 12.8. The summed E-state index contributed by atoms with van der Waals surface area (Å²) in [6.45, 7) is 0.177. The van der Waals surface area contributed by atoms with Crippen LogP contribution in [0, 0.1) is 11.7 Å². The molecule has 1 N–H and O–H groups in total. The monoisotopic (exact) mass is 319 g/mol. The normalized spacial score (nSPS) is 19.1. The number of β-amino-alcohol motifs (C(OH)–C–C–N with tert-alkyl or cyclic N) is 1. The Balaban J connectivity index is 1.87. The third kappa shape index (κ3) is 4.27. The van der Waals surface area contributed by atoms with Crippen LogP contribution in [-0.4, -0.2) is 47.7 Å². The fourth-order valence-electron chi connectivity index (χ4n) is 2.58. The first-order valence-corrected chi connectivity index (χ1v) is 7.04. The summed E-state index contributed by atoms with van der Waals surface area (Å²) in [7, 11) is 0. The van der Waals surface area contributed by atoms with E-state index in [-0.39, 0.29) is 11.7 Å². The van der Waals surface area contributed by atoms with Gasteiger partial charge in [0.2, 0.25) is 0 Å². The molecule has 22 heavy (non-hydrogen) atoms. The van der Waals surface area contributed by atoms with Crippen LogP contribution in [0.15, 0.2) is 24.3 Å². The molecule has 2 rings (SSSR count). The van der Waals surface area contributed by atoms with Crippen molar-refractivity contribution < 1.29 is 27.5 Å². The summed E-state index contributed by atoms with van der Waals surface area (Å²) < 4.78 is 49.7. The maximum Gasteiger partial charge on any atom is 0.415 e. The highest BCUT2D eigenvalue weighted by atomic mass is 19.4. The predicted molar refractivity (Wildman–Crippen MR) is 72.0 cm³/mol. The van der Waals surface area contributed by atoms with Crippen molar-refractivity contribution in [3.8, 4) is 0 Å². The van der Waals surface area contributed by atoms with E-state index in [1.807, 2.05) is 0 Å². The Morgan fingerprint density at radius 3 is 2.27 bits per heavy atom. The molecule has 0 saturated carbocycles. The molecule has 1 saturated heterocycles. The van der Waals surface area contributed by atoms with E-state index < -0.39 is 24.6 Å². The molecule has 0 radical (unpaired) electrons. The average Bonchev–Trinajstić information content (AvgIpc) is 2.47. The van der Waals surface area contributed by atoms with E-state index in [4.69, 9.17) is 5.11 Å². The molecule has 1 aliphatic heterocycles. The zero-order valence-corrected chi connectivity index (χ0v) is 11.8. The number of nitrogens with zero attached hydrogens (tertiary/aromatic N) is 1. The highest BCUT2D eigenvalue weighted by Crippen LogP contribution is 2.25. The van der Waals surface area contributed by atoms with Gasteiger partial charge in [-0.1, -0.05) is 0 Å². The molecule has 1 aliphatic rings. The van der Waals surface area contributed by atoms with Gasteiger partial charge in [-0.3, -0.25) is 4.79 Å². The van der Waals surface area contributed by atoms with E-state index in [0.717, 1.165) is 0 Å². The first-order valence-electron chi connectivity index (χ1n) is 7.04. The van der Waals surface area contributed by atoms with Crippen LogP contribution in [0.1, 0.15) is 23.2 Å². The smallest absolute Gasteiger partial charge is 0.382 e. The molecule has 1 atom stereocenters. The minimum absolute atomic E-state index is 0.115. The van der Waals surface area contributed by atoms with E-state index in [9.17, 15) is 22.4 Å². The molecule has 7 heteroatoms. The third-order valence-corrected chi connectivity index (χ3v) is 3.90. The lowest BCUT2D eigenvalue weighted by molar-refractivity contribution is -0.208. The number of carbonyl (C=O) groups excluding carboxylic acids is 1. The van der Waals surface area contributed by atoms with Crippen molar-refractivity contribution in [3.05, 3.63) is 35.6 Å². The van der Waals surface area contributed by atoms with E-state index in [0.29, 0.717) is 31.5 Å². The van der Waals surface area contributed by atoms with Crippen LogP contribution in [0.25, 0.3) is 0 Å². The minimum Gasteiger partial charge on any atom is -0.382 e. The number of rotatable bonds is 4. The van der Waals surface area contributed by atoms with Crippen LogP contribution in [0.3, 0.4) is 0 Å². The first-order chi connectivity index (χ1) is 10.3. The Morgan fingerprint density at radius 2 is 1.77 bits per heavy atom. The summed E-state index contributed by atoms with van der Waals surface area (Å²) in [5, 5.41) is 9.05. The van der Waals surface area contributed by atoms with Gasteiger partial charge in [-0.15, -0.1) is 0 Å². The number of alkyl halides is 3. The van der Waals surface area contributed by atoms with E-state index in [1.165, 1.54) is 29.2 Å². The lowest BCUT2D eigenvalue weighted by atomic mass is 9.89. The fraction of sp³-hybridized carbons (Fsp3) is 0.533. The highest BCUT2D eigenvalue weighted by molar-refractivity contribution is 5.97. The number of piperidine rings is 1. The molecule has 122 valence electrons. The summed E-state index contributed by atoms with van der Waals surface area (Å²) in [5.74, 6) is -0.812. The van der Waals surface area contributed by atoms with Gasteiger partial charge in [0.25, 0.3) is 0 Å². The van der Waals surface area contributed by atoms with Gasteiger partial charge in [0, 0.05) is 18.0 Å². The van der Waals surface area contributed by atoms with Gasteiger partial charge in [-0.2, -0.15) is 13.2 Å². The Bertz CT molecular complexity index is 507. The molecule has 1 aromatic rings. The zero-order chi connectivity index (χ0) is 16.3. The Labute approximate surface area is 125 Å². The van der Waals surface area contributed by atoms with Gasteiger partial charge >= 0.3 is 6.18 Å². The third-order valence-electron chi connectivity index (χ3n) is 3.90. The van der Waals surface area contributed by atoms with Crippen LogP contribution in [0.5, 0.6) is 0 Å². The van der Waals surface area contributed by atoms with Gasteiger partial charge in [0.15, 0.2) is 11.9 Å². The lowest BCUT2D eigenvalue weighted by Gasteiger charge is -2.32. The van der Waals surface area contributed by atoms with E-state index >= 15 is 0 Å². The SMILES string of the molecule is O=C(c1ccc(F)cc1)C1CCN(C[C@@H](O)C(F)(F)F)CC1. The number of ketones is 1. The van der Waals surface area contributed by atoms with Crippen molar-refractivity contribution in [2.45, 2.75) is 25.1 Å². The molecule has 0 amide bonds. The second kappa shape index (κ2) is 6.75. The molecular formula is C15H17F4NO2. The number of Topliss-reactive ketones (excluding diaryl/α,β-unsaturated/α-hetero) is 1. The second-order valence-corrected chi connectivity index (χ2v) is 5.50. The van der Waals surface area contributed by atoms with Crippen LogP contribution < -0.4 is 0 Å². The van der Waals surface area contributed by atoms with Crippen molar-refractivity contribution >= 4 is 5.78 Å². The van der Waals surface area contributed by atoms with E-state index in [2.05, 4.69) is 0 Å². The van der Waals surface area contributed by atoms with Crippen LogP contribution in [0.4, 0.5) is 17.6 Å². The molecule has 3 nitrogen and oxygen atoms in total. The predicted octanol–water partition coefficient (Wildman–Crippen LogP) is 2.64. The van der Waals surface area contributed by atoms with Gasteiger partial charge in [0.05, 0.1) is 0 Å². The molecule has 1 heterocycles. The quantitative estimate of drug-likeness (QED) is 0.685. The number of aliphatic hydroxyl groups excluding tert-OH is 1. The number of hydrogen-bond acceptors (Lipinski definition) is 3. The van der Waals surface area contributed by atoms with Crippen molar-refractivity contribution in [3.63, 3.8) is 0 Å². The molecule has 1 fully saturated rings. The van der Waals surface area contributed by atoms with Crippen molar-refractivity contribution in [1.29, 1.82) is 0 Å². The topological polar surface area (TPSA) is 40.5 Å². The molecular weight excluding hydrogens is 302 g/mol. The zero-order valence-electron chi connectivity index (χ0n) is 11.8. The van der Waals surface area contributed by atoms with Crippen molar-refractivity contribution in [2.75, 3.05) is 19.6 Å². The maximum absolute atomic E-state index is 12.8. The molecule has 0 aliphatic carbocycles. The summed E-state index contributed by atoms with van der Waals surface area (Å²) in [6.07, 6.45) is -6.13. The first kappa shape index (κ1) is 16.9. The van der Waals surface area contributed by atoms with Gasteiger partial charge < -0.3 is 10.0 Å². The Hall–Kier alpha value is -1.47. The van der Waals surface area contributed by atoms with Gasteiger partial charge in [0.1, 0.15) is 5.82 Å². The molecule has 0 aromatic heterocycles. The molecule has 0 bridgehead atoms. The van der Waals surface area contributed by atoms with Crippen LogP contribution >= 0.6 is 0 Å². The number of hydrogen-bond donors (Lipinski definition) is 1. The molecule has 0 unspecified atom stereocenters. The van der Waals surface area contributed by atoms with Crippen molar-refractivity contribution in [2.24, 2.45) is 5.92 Å². The van der Waals surface area contributed by atoms with E-state index in [1.54, 1.807) is 0 Å². The standard InChI is InChI=1S/C15H17F4NO2/c16-12-3-1-10(2-4-12)14(22)11-5-7-20(8-6-11)9-13(21)15(17,18)19/h1-4,11,13,21H,5-9H2/t13-/m1/s1. The Morgan fingerprint density at radius 1 is 1.23 bits per heavy atom.